The molecule has 1 aliphatic rings. The number of H-pyrrole nitrogens is 1. The summed E-state index contributed by atoms with van der Waals surface area (Å²) in [6, 6.07) is 8.46. The third-order valence-electron chi connectivity index (χ3n) is 5.26. The van der Waals surface area contributed by atoms with Gasteiger partial charge in [-0.05, 0) is 24.5 Å². The number of fused-ring (bicyclic) bond motifs is 1. The summed E-state index contributed by atoms with van der Waals surface area (Å²) in [7, 11) is 3.77. The van der Waals surface area contributed by atoms with Crippen LogP contribution >= 0.6 is 0 Å². The average molecular weight is 380 g/mol. The number of benzene rings is 1. The molecule has 148 valence electrons. The zero-order valence-electron chi connectivity index (χ0n) is 16.6. The zero-order chi connectivity index (χ0) is 19.3. The van der Waals surface area contributed by atoms with Crippen molar-refractivity contribution in [2.75, 3.05) is 33.3 Å². The number of para-hydroxylation sites is 1. The SMILES string of the molecule is CN=C(NCCCc1c[nH]c2ccccc12)N1CCOC(c2cnn(C)c2)C1. The summed E-state index contributed by atoms with van der Waals surface area (Å²) in [4.78, 5) is 10.1. The van der Waals surface area contributed by atoms with E-state index in [0.29, 0.717) is 6.61 Å². The molecule has 7 heteroatoms. The maximum absolute atomic E-state index is 5.94. The van der Waals surface area contributed by atoms with Crippen molar-refractivity contribution in [2.24, 2.45) is 12.0 Å². The van der Waals surface area contributed by atoms with Gasteiger partial charge in [0.05, 0.1) is 19.3 Å². The molecule has 3 aromatic rings. The van der Waals surface area contributed by atoms with Crippen molar-refractivity contribution in [3.8, 4) is 0 Å². The Morgan fingerprint density at radius 2 is 2.29 bits per heavy atom. The Labute approximate surface area is 165 Å². The number of guanidine groups is 1. The Morgan fingerprint density at radius 3 is 3.11 bits per heavy atom. The molecule has 0 radical (unpaired) electrons. The highest BCUT2D eigenvalue weighted by Gasteiger charge is 2.25. The number of nitrogens with zero attached hydrogens (tertiary/aromatic N) is 4. The third kappa shape index (κ3) is 4.04. The van der Waals surface area contributed by atoms with Crippen LogP contribution in [0.2, 0.25) is 0 Å². The minimum absolute atomic E-state index is 0.0345. The first kappa shape index (κ1) is 18.6. The predicted octanol–water partition coefficient (Wildman–Crippen LogP) is 2.48. The molecule has 2 N–H and O–H groups in total. The van der Waals surface area contributed by atoms with E-state index in [9.17, 15) is 0 Å². The molecule has 0 spiro atoms. The first-order valence-corrected chi connectivity index (χ1v) is 9.85. The summed E-state index contributed by atoms with van der Waals surface area (Å²) in [5.74, 6) is 0.941. The highest BCUT2D eigenvalue weighted by atomic mass is 16.5. The van der Waals surface area contributed by atoms with E-state index < -0.39 is 0 Å². The Morgan fingerprint density at radius 1 is 1.39 bits per heavy atom. The molecule has 2 aromatic heterocycles. The standard InChI is InChI=1S/C21H28N6O/c1-22-21(27-10-11-28-20(15-27)17-13-25-26(2)14-17)23-9-5-6-16-12-24-19-8-4-3-7-18(16)19/h3-4,7-8,12-14,20,24H,5-6,9-11,15H2,1-2H3,(H,22,23). The lowest BCUT2D eigenvalue weighted by Crippen LogP contribution is -2.48. The van der Waals surface area contributed by atoms with Gasteiger partial charge in [0.25, 0.3) is 0 Å². The van der Waals surface area contributed by atoms with Crippen molar-refractivity contribution in [3.63, 3.8) is 0 Å². The monoisotopic (exact) mass is 380 g/mol. The summed E-state index contributed by atoms with van der Waals surface area (Å²) in [5.41, 5.74) is 3.69. The fourth-order valence-corrected chi connectivity index (χ4v) is 3.80. The lowest BCUT2D eigenvalue weighted by atomic mass is 10.1. The Bertz CT molecular complexity index is 943. The molecule has 0 saturated carbocycles. The predicted molar refractivity (Wildman–Crippen MR) is 111 cm³/mol. The van der Waals surface area contributed by atoms with Gasteiger partial charge in [0, 0.05) is 56.0 Å². The Hall–Kier alpha value is -2.80. The van der Waals surface area contributed by atoms with Crippen LogP contribution in [0, 0.1) is 0 Å². The number of rotatable bonds is 5. The summed E-state index contributed by atoms with van der Waals surface area (Å²) in [5, 5.41) is 9.09. The molecule has 1 unspecified atom stereocenters. The lowest BCUT2D eigenvalue weighted by Gasteiger charge is -2.34. The van der Waals surface area contributed by atoms with Gasteiger partial charge in [-0.25, -0.2) is 0 Å². The molecular formula is C21H28N6O. The van der Waals surface area contributed by atoms with E-state index in [0.717, 1.165) is 44.0 Å². The van der Waals surface area contributed by atoms with Crippen LogP contribution < -0.4 is 5.32 Å². The van der Waals surface area contributed by atoms with E-state index in [4.69, 9.17) is 4.74 Å². The van der Waals surface area contributed by atoms with Gasteiger partial charge in [-0.15, -0.1) is 0 Å². The molecule has 1 aliphatic heterocycles. The fourth-order valence-electron chi connectivity index (χ4n) is 3.80. The second kappa shape index (κ2) is 8.48. The smallest absolute Gasteiger partial charge is 0.193 e. The van der Waals surface area contributed by atoms with Gasteiger partial charge in [0.1, 0.15) is 6.10 Å². The number of morpholine rings is 1. The van der Waals surface area contributed by atoms with Crippen LogP contribution in [0.5, 0.6) is 0 Å². The van der Waals surface area contributed by atoms with E-state index in [1.165, 1.54) is 16.5 Å². The number of aliphatic imine (C=N–C) groups is 1. The van der Waals surface area contributed by atoms with Crippen molar-refractivity contribution < 1.29 is 4.74 Å². The zero-order valence-corrected chi connectivity index (χ0v) is 16.6. The fraction of sp³-hybridized carbons (Fsp3) is 0.429. The quantitative estimate of drug-likeness (QED) is 0.405. The molecule has 1 saturated heterocycles. The third-order valence-corrected chi connectivity index (χ3v) is 5.26. The second-order valence-electron chi connectivity index (χ2n) is 7.19. The summed E-state index contributed by atoms with van der Waals surface area (Å²) < 4.78 is 7.75. The number of aromatic amines is 1. The number of aromatic nitrogens is 3. The lowest BCUT2D eigenvalue weighted by molar-refractivity contribution is -0.00801. The average Bonchev–Trinajstić information content (AvgIpc) is 3.35. The molecule has 0 aliphatic carbocycles. The first-order valence-electron chi connectivity index (χ1n) is 9.85. The first-order chi connectivity index (χ1) is 13.7. The van der Waals surface area contributed by atoms with Gasteiger partial charge in [-0.2, -0.15) is 5.10 Å². The number of aryl methyl sites for hydroxylation is 2. The molecular weight excluding hydrogens is 352 g/mol. The van der Waals surface area contributed by atoms with Gasteiger partial charge >= 0.3 is 0 Å². The number of hydrogen-bond donors (Lipinski definition) is 2. The van der Waals surface area contributed by atoms with E-state index in [2.05, 4.69) is 55.8 Å². The molecule has 1 fully saturated rings. The summed E-state index contributed by atoms with van der Waals surface area (Å²) >= 11 is 0. The van der Waals surface area contributed by atoms with Crippen molar-refractivity contribution in [1.29, 1.82) is 0 Å². The largest absolute Gasteiger partial charge is 0.370 e. The molecule has 3 heterocycles. The Balaban J connectivity index is 1.29. The van der Waals surface area contributed by atoms with E-state index in [1.807, 2.05) is 31.2 Å². The van der Waals surface area contributed by atoms with Crippen LogP contribution in [0.3, 0.4) is 0 Å². The van der Waals surface area contributed by atoms with Crippen LogP contribution in [0.15, 0.2) is 47.8 Å². The maximum Gasteiger partial charge on any atom is 0.193 e. The highest BCUT2D eigenvalue weighted by Crippen LogP contribution is 2.22. The van der Waals surface area contributed by atoms with Crippen LogP contribution in [0.1, 0.15) is 23.7 Å². The Kier molecular flexibility index (Phi) is 5.62. The van der Waals surface area contributed by atoms with Crippen molar-refractivity contribution >= 4 is 16.9 Å². The van der Waals surface area contributed by atoms with Crippen LogP contribution in [0.25, 0.3) is 10.9 Å². The van der Waals surface area contributed by atoms with Crippen LogP contribution in [-0.4, -0.2) is 58.9 Å². The normalized spacial score (nSPS) is 18.0. The molecule has 1 aromatic carbocycles. The van der Waals surface area contributed by atoms with Gasteiger partial charge in [0.2, 0.25) is 0 Å². The molecule has 4 rings (SSSR count). The van der Waals surface area contributed by atoms with Gasteiger partial charge in [-0.3, -0.25) is 9.67 Å². The summed E-state index contributed by atoms with van der Waals surface area (Å²) in [6.45, 7) is 3.21. The number of nitrogens with one attached hydrogen (secondary N) is 2. The second-order valence-corrected chi connectivity index (χ2v) is 7.19. The maximum atomic E-state index is 5.94. The van der Waals surface area contributed by atoms with E-state index >= 15 is 0 Å². The number of ether oxygens (including phenoxy) is 1. The molecule has 0 bridgehead atoms. The van der Waals surface area contributed by atoms with E-state index in [-0.39, 0.29) is 6.10 Å². The van der Waals surface area contributed by atoms with Crippen LogP contribution in [0.4, 0.5) is 0 Å². The van der Waals surface area contributed by atoms with Crippen molar-refractivity contribution in [2.45, 2.75) is 18.9 Å². The van der Waals surface area contributed by atoms with Crippen molar-refractivity contribution in [3.05, 3.63) is 54.0 Å². The van der Waals surface area contributed by atoms with Gasteiger partial charge < -0.3 is 19.9 Å². The highest BCUT2D eigenvalue weighted by molar-refractivity contribution is 5.83. The molecule has 1 atom stereocenters. The van der Waals surface area contributed by atoms with E-state index in [1.54, 1.807) is 0 Å². The molecule has 28 heavy (non-hydrogen) atoms. The van der Waals surface area contributed by atoms with Gasteiger partial charge in [-0.1, -0.05) is 18.2 Å². The minimum Gasteiger partial charge on any atom is -0.370 e. The minimum atomic E-state index is 0.0345. The number of hydrogen-bond acceptors (Lipinski definition) is 3. The molecule has 7 nitrogen and oxygen atoms in total. The van der Waals surface area contributed by atoms with Gasteiger partial charge in [0.15, 0.2) is 5.96 Å². The van der Waals surface area contributed by atoms with Crippen LogP contribution in [-0.2, 0) is 18.2 Å². The molecule has 0 amide bonds. The summed E-state index contributed by atoms with van der Waals surface area (Å²) in [6.07, 6.45) is 8.15. The topological polar surface area (TPSA) is 70.5 Å². The van der Waals surface area contributed by atoms with Crippen molar-refractivity contribution in [1.82, 2.24) is 25.0 Å².